The Hall–Kier alpha value is -1.75. The molecule has 0 heterocycles. The highest BCUT2D eigenvalue weighted by Crippen LogP contribution is 2.26. The maximum Gasteiger partial charge on any atom is 0.167 e. The van der Waals surface area contributed by atoms with Crippen LogP contribution in [0.15, 0.2) is 40.9 Å². The van der Waals surface area contributed by atoms with Crippen LogP contribution >= 0.6 is 15.9 Å². The normalized spacial score (nSPS) is 10.3. The lowest BCUT2D eigenvalue weighted by Crippen LogP contribution is -2.01. The number of nitrogens with one attached hydrogen (secondary N) is 1. The van der Waals surface area contributed by atoms with Gasteiger partial charge < -0.3 is 14.8 Å². The number of rotatable bonds is 6. The number of halogens is 2. The van der Waals surface area contributed by atoms with Crippen molar-refractivity contribution in [3.63, 3.8) is 0 Å². The molecule has 1 N–H and O–H groups in total. The third-order valence-electron chi connectivity index (χ3n) is 2.94. The van der Waals surface area contributed by atoms with Crippen molar-refractivity contribution in [2.45, 2.75) is 13.5 Å². The fourth-order valence-corrected chi connectivity index (χ4v) is 2.50. The third kappa shape index (κ3) is 4.11. The van der Waals surface area contributed by atoms with E-state index in [4.69, 9.17) is 9.47 Å². The second kappa shape index (κ2) is 7.31. The van der Waals surface area contributed by atoms with E-state index in [1.54, 1.807) is 19.2 Å². The molecule has 0 fully saturated rings. The summed E-state index contributed by atoms with van der Waals surface area (Å²) in [7, 11) is 1.63. The van der Waals surface area contributed by atoms with Crippen molar-refractivity contribution >= 4 is 21.6 Å². The van der Waals surface area contributed by atoms with Crippen LogP contribution in [-0.4, -0.2) is 13.7 Å². The van der Waals surface area contributed by atoms with E-state index in [-0.39, 0.29) is 11.6 Å². The van der Waals surface area contributed by atoms with Crippen LogP contribution in [0.4, 0.5) is 10.1 Å². The molecule has 112 valence electrons. The highest BCUT2D eigenvalue weighted by molar-refractivity contribution is 9.10. The van der Waals surface area contributed by atoms with E-state index in [1.807, 2.05) is 25.1 Å². The Morgan fingerprint density at radius 3 is 2.52 bits per heavy atom. The van der Waals surface area contributed by atoms with Crippen molar-refractivity contribution in [1.29, 1.82) is 0 Å². The highest BCUT2D eigenvalue weighted by atomic mass is 79.9. The van der Waals surface area contributed by atoms with Crippen molar-refractivity contribution in [2.24, 2.45) is 0 Å². The molecule has 3 nitrogen and oxygen atoms in total. The minimum Gasteiger partial charge on any atom is -0.496 e. The van der Waals surface area contributed by atoms with E-state index in [1.165, 1.54) is 6.07 Å². The summed E-state index contributed by atoms with van der Waals surface area (Å²) < 4.78 is 25.0. The van der Waals surface area contributed by atoms with Gasteiger partial charge in [0.25, 0.3) is 0 Å². The van der Waals surface area contributed by atoms with Crippen LogP contribution in [0.25, 0.3) is 0 Å². The van der Waals surface area contributed by atoms with Crippen molar-refractivity contribution in [1.82, 2.24) is 0 Å². The Morgan fingerprint density at radius 2 is 1.90 bits per heavy atom. The number of hydrogen-bond acceptors (Lipinski definition) is 3. The monoisotopic (exact) mass is 353 g/mol. The first-order valence-corrected chi connectivity index (χ1v) is 7.42. The second-order valence-corrected chi connectivity index (χ2v) is 5.26. The standard InChI is InChI=1S/C16H17BrFNO2/c1-3-21-16-7-5-12(9-14(16)18)19-10-11-4-6-15(20-2)13(17)8-11/h4-9,19H,3,10H2,1-2H3. The first kappa shape index (κ1) is 15.6. The zero-order chi connectivity index (χ0) is 15.2. The van der Waals surface area contributed by atoms with Crippen LogP contribution in [0.5, 0.6) is 11.5 Å². The smallest absolute Gasteiger partial charge is 0.167 e. The van der Waals surface area contributed by atoms with Gasteiger partial charge in [-0.05, 0) is 52.7 Å². The van der Waals surface area contributed by atoms with E-state index < -0.39 is 0 Å². The number of ether oxygens (including phenoxy) is 2. The quantitative estimate of drug-likeness (QED) is 0.822. The van der Waals surface area contributed by atoms with Gasteiger partial charge in [-0.15, -0.1) is 0 Å². The second-order valence-electron chi connectivity index (χ2n) is 4.40. The molecule has 0 aromatic heterocycles. The maximum absolute atomic E-state index is 13.7. The SMILES string of the molecule is CCOc1ccc(NCc2ccc(OC)c(Br)c2)cc1F. The first-order chi connectivity index (χ1) is 10.1. The zero-order valence-electron chi connectivity index (χ0n) is 12.0. The molecule has 5 heteroatoms. The summed E-state index contributed by atoms with van der Waals surface area (Å²) >= 11 is 3.44. The van der Waals surface area contributed by atoms with Gasteiger partial charge in [-0.3, -0.25) is 0 Å². The van der Waals surface area contributed by atoms with E-state index in [9.17, 15) is 4.39 Å². The number of hydrogen-bond donors (Lipinski definition) is 1. The molecule has 0 radical (unpaired) electrons. The molecule has 2 rings (SSSR count). The molecule has 2 aromatic carbocycles. The Labute approximate surface area is 132 Å². The topological polar surface area (TPSA) is 30.5 Å². The van der Waals surface area contributed by atoms with Crippen LogP contribution in [0.1, 0.15) is 12.5 Å². The molecule has 2 aromatic rings. The predicted octanol–water partition coefficient (Wildman–Crippen LogP) is 4.61. The lowest BCUT2D eigenvalue weighted by atomic mass is 10.2. The maximum atomic E-state index is 13.7. The van der Waals surface area contributed by atoms with Crippen molar-refractivity contribution < 1.29 is 13.9 Å². The van der Waals surface area contributed by atoms with Crippen LogP contribution in [0.2, 0.25) is 0 Å². The van der Waals surface area contributed by atoms with Crippen LogP contribution in [-0.2, 0) is 6.54 Å². The van der Waals surface area contributed by atoms with E-state index >= 15 is 0 Å². The lowest BCUT2D eigenvalue weighted by Gasteiger charge is -2.10. The molecule has 0 aliphatic carbocycles. The van der Waals surface area contributed by atoms with Crippen molar-refractivity contribution in [2.75, 3.05) is 19.0 Å². The van der Waals surface area contributed by atoms with Crippen LogP contribution in [0, 0.1) is 5.82 Å². The summed E-state index contributed by atoms with van der Waals surface area (Å²) in [5, 5.41) is 3.18. The van der Waals surface area contributed by atoms with E-state index in [0.717, 1.165) is 15.8 Å². The Kier molecular flexibility index (Phi) is 5.44. The minimum atomic E-state index is -0.363. The summed E-state index contributed by atoms with van der Waals surface area (Å²) in [6.45, 7) is 2.87. The van der Waals surface area contributed by atoms with Crippen molar-refractivity contribution in [3.05, 3.63) is 52.3 Å². The van der Waals surface area contributed by atoms with Crippen LogP contribution in [0.3, 0.4) is 0 Å². The molecule has 0 saturated heterocycles. The number of benzene rings is 2. The Morgan fingerprint density at radius 1 is 1.14 bits per heavy atom. The molecule has 0 spiro atoms. The molecule has 0 atom stereocenters. The predicted molar refractivity (Wildman–Crippen MR) is 85.6 cm³/mol. The molecular formula is C16H17BrFNO2. The van der Waals surface area contributed by atoms with Gasteiger partial charge in [0.05, 0.1) is 18.2 Å². The Bertz CT molecular complexity index is 619. The first-order valence-electron chi connectivity index (χ1n) is 6.62. The summed E-state index contributed by atoms with van der Waals surface area (Å²) in [6.07, 6.45) is 0. The Balaban J connectivity index is 2.02. The number of methoxy groups -OCH3 is 1. The van der Waals surface area contributed by atoms with Gasteiger partial charge in [-0.1, -0.05) is 6.07 Å². The number of anilines is 1. The molecule has 0 aliphatic heterocycles. The third-order valence-corrected chi connectivity index (χ3v) is 3.56. The van der Waals surface area contributed by atoms with Crippen LogP contribution < -0.4 is 14.8 Å². The highest BCUT2D eigenvalue weighted by Gasteiger charge is 2.05. The molecular weight excluding hydrogens is 337 g/mol. The van der Waals surface area contributed by atoms with Gasteiger partial charge in [-0.2, -0.15) is 0 Å². The summed E-state index contributed by atoms with van der Waals surface area (Å²) in [5.41, 5.74) is 1.78. The van der Waals surface area contributed by atoms with Gasteiger partial charge in [0, 0.05) is 18.3 Å². The molecule has 21 heavy (non-hydrogen) atoms. The molecule has 0 unspecified atom stereocenters. The van der Waals surface area contributed by atoms with Gasteiger partial charge >= 0.3 is 0 Å². The average Bonchev–Trinajstić information content (AvgIpc) is 2.48. The van der Waals surface area contributed by atoms with Gasteiger partial charge in [0.1, 0.15) is 5.75 Å². The van der Waals surface area contributed by atoms with E-state index in [0.29, 0.717) is 18.8 Å². The van der Waals surface area contributed by atoms with Gasteiger partial charge in [0.15, 0.2) is 11.6 Å². The molecule has 0 amide bonds. The van der Waals surface area contributed by atoms with Gasteiger partial charge in [0.2, 0.25) is 0 Å². The average molecular weight is 354 g/mol. The zero-order valence-corrected chi connectivity index (χ0v) is 13.5. The summed E-state index contributed by atoms with van der Waals surface area (Å²) in [6, 6.07) is 10.7. The largest absolute Gasteiger partial charge is 0.496 e. The molecule has 0 saturated carbocycles. The fraction of sp³-hybridized carbons (Fsp3) is 0.250. The van der Waals surface area contributed by atoms with Gasteiger partial charge in [-0.25, -0.2) is 4.39 Å². The minimum absolute atomic E-state index is 0.273. The lowest BCUT2D eigenvalue weighted by molar-refractivity contribution is 0.321. The van der Waals surface area contributed by atoms with Crippen molar-refractivity contribution in [3.8, 4) is 11.5 Å². The molecule has 0 bridgehead atoms. The summed E-state index contributed by atoms with van der Waals surface area (Å²) in [5.74, 6) is 0.693. The van der Waals surface area contributed by atoms with E-state index in [2.05, 4.69) is 21.2 Å². The summed E-state index contributed by atoms with van der Waals surface area (Å²) in [4.78, 5) is 0. The fourth-order valence-electron chi connectivity index (χ4n) is 1.91. The molecule has 0 aliphatic rings.